The normalized spacial score (nSPS) is 16.3. The van der Waals surface area contributed by atoms with Crippen LogP contribution in [0.1, 0.15) is 46.1 Å². The van der Waals surface area contributed by atoms with Crippen molar-refractivity contribution in [1.29, 1.82) is 0 Å². The van der Waals surface area contributed by atoms with Crippen molar-refractivity contribution in [2.24, 2.45) is 0 Å². The SMILES string of the molecule is Cc1ccccc1C(=O)N1CCC[C@H](c2nc3c(nnn3Cc3ccc(F)cc3)c(=O)[nH]2)C1. The number of rotatable bonds is 4. The number of aryl methyl sites for hydroxylation is 1. The molecule has 0 bridgehead atoms. The summed E-state index contributed by atoms with van der Waals surface area (Å²) in [5, 5.41) is 8.06. The summed E-state index contributed by atoms with van der Waals surface area (Å²) in [4.78, 5) is 35.2. The van der Waals surface area contributed by atoms with Crippen molar-refractivity contribution in [2.75, 3.05) is 13.1 Å². The van der Waals surface area contributed by atoms with Crippen LogP contribution in [0.15, 0.2) is 53.3 Å². The van der Waals surface area contributed by atoms with E-state index in [2.05, 4.69) is 20.3 Å². The fraction of sp³-hybridized carbons (Fsp3) is 0.292. The molecule has 2 aromatic heterocycles. The molecule has 1 aliphatic rings. The highest BCUT2D eigenvalue weighted by atomic mass is 19.1. The molecule has 4 aromatic rings. The van der Waals surface area contributed by atoms with E-state index < -0.39 is 0 Å². The molecule has 33 heavy (non-hydrogen) atoms. The summed E-state index contributed by atoms with van der Waals surface area (Å²) in [5.41, 5.74) is 2.62. The Morgan fingerprint density at radius 1 is 1.18 bits per heavy atom. The second-order valence-corrected chi connectivity index (χ2v) is 8.40. The Hall–Kier alpha value is -3.88. The molecule has 0 saturated carbocycles. The summed E-state index contributed by atoms with van der Waals surface area (Å²) in [6, 6.07) is 13.6. The largest absolute Gasteiger partial charge is 0.338 e. The molecular formula is C24H23FN6O2. The number of hydrogen-bond acceptors (Lipinski definition) is 5. The third kappa shape index (κ3) is 4.13. The summed E-state index contributed by atoms with van der Waals surface area (Å²) in [5.74, 6) is 0.0980. The highest BCUT2D eigenvalue weighted by molar-refractivity contribution is 5.95. The first-order valence-electron chi connectivity index (χ1n) is 10.9. The minimum atomic E-state index is -0.359. The average Bonchev–Trinajstić information content (AvgIpc) is 3.24. The number of amides is 1. The Labute approximate surface area is 189 Å². The predicted octanol–water partition coefficient (Wildman–Crippen LogP) is 3.03. The van der Waals surface area contributed by atoms with Gasteiger partial charge in [-0.3, -0.25) is 9.59 Å². The molecular weight excluding hydrogens is 423 g/mol. The molecule has 5 rings (SSSR count). The van der Waals surface area contributed by atoms with Crippen LogP contribution in [0, 0.1) is 12.7 Å². The number of nitrogens with one attached hydrogen (secondary N) is 1. The molecule has 168 valence electrons. The average molecular weight is 446 g/mol. The quantitative estimate of drug-likeness (QED) is 0.520. The molecule has 1 saturated heterocycles. The summed E-state index contributed by atoms with van der Waals surface area (Å²) in [7, 11) is 0. The van der Waals surface area contributed by atoms with Crippen molar-refractivity contribution < 1.29 is 9.18 Å². The zero-order valence-electron chi connectivity index (χ0n) is 18.2. The van der Waals surface area contributed by atoms with Crippen molar-refractivity contribution in [2.45, 2.75) is 32.2 Å². The topological polar surface area (TPSA) is 96.8 Å². The number of aromatic nitrogens is 5. The summed E-state index contributed by atoms with van der Waals surface area (Å²) in [6.07, 6.45) is 1.63. The highest BCUT2D eigenvalue weighted by Crippen LogP contribution is 2.26. The maximum Gasteiger partial charge on any atom is 0.281 e. The van der Waals surface area contributed by atoms with E-state index in [0.29, 0.717) is 36.7 Å². The number of halogens is 1. The Morgan fingerprint density at radius 2 is 1.97 bits per heavy atom. The first kappa shape index (κ1) is 21.0. The maximum atomic E-state index is 13.2. The van der Waals surface area contributed by atoms with Crippen LogP contribution >= 0.6 is 0 Å². The van der Waals surface area contributed by atoms with Crippen LogP contribution in [0.2, 0.25) is 0 Å². The summed E-state index contributed by atoms with van der Waals surface area (Å²) in [6.45, 7) is 3.38. The third-order valence-corrected chi connectivity index (χ3v) is 6.11. The molecule has 8 nitrogen and oxygen atoms in total. The number of carbonyl (C=O) groups excluding carboxylic acids is 1. The van der Waals surface area contributed by atoms with E-state index in [-0.39, 0.29) is 28.7 Å². The highest BCUT2D eigenvalue weighted by Gasteiger charge is 2.28. The van der Waals surface area contributed by atoms with Gasteiger partial charge in [-0.05, 0) is 49.1 Å². The van der Waals surface area contributed by atoms with Crippen molar-refractivity contribution in [3.05, 3.63) is 87.2 Å². The minimum absolute atomic E-state index is 0.00996. The maximum absolute atomic E-state index is 13.2. The standard InChI is InChI=1S/C24H23FN6O2/c1-15-5-2-3-7-19(15)24(33)30-12-4-6-17(14-30)21-26-22-20(23(32)27-21)28-29-31(22)13-16-8-10-18(25)11-9-16/h2-3,5,7-11,17H,4,6,12-14H2,1H3,(H,26,27,32)/t17-/m0/s1. The molecule has 0 spiro atoms. The molecule has 0 aliphatic carbocycles. The number of H-pyrrole nitrogens is 1. The van der Waals surface area contributed by atoms with Crippen LogP contribution in [-0.4, -0.2) is 48.9 Å². The van der Waals surface area contributed by atoms with Gasteiger partial charge in [0.25, 0.3) is 11.5 Å². The fourth-order valence-electron chi connectivity index (χ4n) is 4.31. The molecule has 1 aliphatic heterocycles. The third-order valence-electron chi connectivity index (χ3n) is 6.11. The lowest BCUT2D eigenvalue weighted by atomic mass is 9.96. The molecule has 1 fully saturated rings. The zero-order valence-corrected chi connectivity index (χ0v) is 18.2. The van der Waals surface area contributed by atoms with Crippen molar-refractivity contribution in [3.8, 4) is 0 Å². The van der Waals surface area contributed by atoms with Gasteiger partial charge in [0.1, 0.15) is 11.6 Å². The van der Waals surface area contributed by atoms with E-state index in [1.807, 2.05) is 36.1 Å². The van der Waals surface area contributed by atoms with Crippen LogP contribution in [-0.2, 0) is 6.54 Å². The first-order valence-corrected chi connectivity index (χ1v) is 10.9. The Morgan fingerprint density at radius 3 is 2.76 bits per heavy atom. The molecule has 1 atom stereocenters. The smallest absolute Gasteiger partial charge is 0.281 e. The van der Waals surface area contributed by atoms with Crippen molar-refractivity contribution >= 4 is 17.1 Å². The molecule has 0 unspecified atom stereocenters. The lowest BCUT2D eigenvalue weighted by molar-refractivity contribution is 0.0704. The van der Waals surface area contributed by atoms with Crippen LogP contribution in [0.25, 0.3) is 11.2 Å². The van der Waals surface area contributed by atoms with Crippen LogP contribution in [0.3, 0.4) is 0 Å². The monoisotopic (exact) mass is 446 g/mol. The second kappa shape index (κ2) is 8.57. The number of likely N-dealkylation sites (tertiary alicyclic amines) is 1. The lowest BCUT2D eigenvalue weighted by Crippen LogP contribution is -2.40. The van der Waals surface area contributed by atoms with Gasteiger partial charge in [-0.15, -0.1) is 5.10 Å². The van der Waals surface area contributed by atoms with Gasteiger partial charge in [-0.25, -0.2) is 14.1 Å². The molecule has 2 aromatic carbocycles. The van der Waals surface area contributed by atoms with E-state index >= 15 is 0 Å². The van der Waals surface area contributed by atoms with E-state index in [0.717, 1.165) is 24.0 Å². The molecule has 9 heteroatoms. The van der Waals surface area contributed by atoms with Crippen molar-refractivity contribution in [3.63, 3.8) is 0 Å². The second-order valence-electron chi connectivity index (χ2n) is 8.40. The Bertz CT molecular complexity index is 1380. The molecule has 1 amide bonds. The number of benzene rings is 2. The van der Waals surface area contributed by atoms with Gasteiger partial charge in [-0.1, -0.05) is 35.5 Å². The number of hydrogen-bond donors (Lipinski definition) is 1. The summed E-state index contributed by atoms with van der Waals surface area (Å²) < 4.78 is 14.8. The van der Waals surface area contributed by atoms with Gasteiger partial charge in [0.2, 0.25) is 0 Å². The van der Waals surface area contributed by atoms with Gasteiger partial charge >= 0.3 is 0 Å². The number of piperidine rings is 1. The van der Waals surface area contributed by atoms with Gasteiger partial charge < -0.3 is 9.88 Å². The molecule has 3 heterocycles. The summed E-state index contributed by atoms with van der Waals surface area (Å²) >= 11 is 0. The van der Waals surface area contributed by atoms with E-state index in [1.165, 1.54) is 12.1 Å². The number of carbonyl (C=O) groups is 1. The zero-order chi connectivity index (χ0) is 22.9. The number of nitrogens with zero attached hydrogens (tertiary/aromatic N) is 5. The van der Waals surface area contributed by atoms with Gasteiger partial charge in [0.05, 0.1) is 6.54 Å². The predicted molar refractivity (Wildman–Crippen MR) is 121 cm³/mol. The number of aromatic amines is 1. The van der Waals surface area contributed by atoms with E-state index in [4.69, 9.17) is 0 Å². The first-order chi connectivity index (χ1) is 16.0. The van der Waals surface area contributed by atoms with Crippen LogP contribution < -0.4 is 5.56 Å². The van der Waals surface area contributed by atoms with E-state index in [9.17, 15) is 14.0 Å². The van der Waals surface area contributed by atoms with Gasteiger partial charge in [-0.2, -0.15) is 0 Å². The van der Waals surface area contributed by atoms with E-state index in [1.54, 1.807) is 16.8 Å². The minimum Gasteiger partial charge on any atom is -0.338 e. The van der Waals surface area contributed by atoms with Crippen molar-refractivity contribution in [1.82, 2.24) is 29.9 Å². The fourth-order valence-corrected chi connectivity index (χ4v) is 4.31. The number of fused-ring (bicyclic) bond motifs is 1. The molecule has 0 radical (unpaired) electrons. The molecule has 1 N–H and O–H groups in total. The lowest BCUT2D eigenvalue weighted by Gasteiger charge is -2.32. The van der Waals surface area contributed by atoms with Crippen LogP contribution in [0.4, 0.5) is 4.39 Å². The Kier molecular flexibility index (Phi) is 5.45. The Balaban J connectivity index is 1.43. The van der Waals surface area contributed by atoms with Crippen LogP contribution in [0.5, 0.6) is 0 Å². The van der Waals surface area contributed by atoms with Gasteiger partial charge in [0, 0.05) is 24.6 Å². The van der Waals surface area contributed by atoms with Gasteiger partial charge in [0.15, 0.2) is 11.2 Å².